The Morgan fingerprint density at radius 3 is 2.62 bits per heavy atom. The molecule has 0 saturated carbocycles. The fraction of sp³-hybridized carbons (Fsp3) is 0.500. The van der Waals surface area contributed by atoms with Crippen LogP contribution in [0.4, 0.5) is 5.82 Å². The van der Waals surface area contributed by atoms with E-state index in [9.17, 15) is 4.79 Å². The Morgan fingerprint density at radius 2 is 1.79 bits per heavy atom. The standard InChI is InChI=1S/C26H30N4O3S/c1-16(2)23-27-24(22-18-6-4-3-5-7-21(18)34-25(22)28-23)29-10-12-30(13-11-29)26(31)17-8-9-19-20(14-17)33-15-32-19/h8-9,14,16H,3-7,10-13,15H2,1-2H3. The molecule has 2 aliphatic heterocycles. The first kappa shape index (κ1) is 21.6. The van der Waals surface area contributed by atoms with Crippen molar-refractivity contribution in [1.82, 2.24) is 14.9 Å². The molecule has 8 heteroatoms. The molecule has 6 rings (SSSR count). The highest BCUT2D eigenvalue weighted by Crippen LogP contribution is 2.40. The fourth-order valence-corrected chi connectivity index (χ4v) is 6.41. The zero-order valence-corrected chi connectivity index (χ0v) is 20.6. The molecule has 0 spiro atoms. The van der Waals surface area contributed by atoms with E-state index < -0.39 is 0 Å². The molecule has 0 N–H and O–H groups in total. The average Bonchev–Trinajstić information content (AvgIpc) is 3.40. The molecule has 3 aliphatic rings. The Morgan fingerprint density at radius 1 is 1.00 bits per heavy atom. The van der Waals surface area contributed by atoms with Crippen LogP contribution in [0, 0.1) is 0 Å². The van der Waals surface area contributed by atoms with Crippen molar-refractivity contribution in [2.75, 3.05) is 37.9 Å². The minimum absolute atomic E-state index is 0.0399. The number of anilines is 1. The van der Waals surface area contributed by atoms with Crippen LogP contribution in [0.15, 0.2) is 18.2 Å². The summed E-state index contributed by atoms with van der Waals surface area (Å²) in [6.07, 6.45) is 6.08. The van der Waals surface area contributed by atoms with Crippen molar-refractivity contribution in [3.05, 3.63) is 40.0 Å². The summed E-state index contributed by atoms with van der Waals surface area (Å²) >= 11 is 1.87. The molecule has 178 valence electrons. The molecule has 1 amide bonds. The normalized spacial score (nSPS) is 17.9. The van der Waals surface area contributed by atoms with E-state index in [2.05, 4.69) is 18.7 Å². The Labute approximate surface area is 203 Å². The molecule has 0 radical (unpaired) electrons. The van der Waals surface area contributed by atoms with Gasteiger partial charge in [-0.25, -0.2) is 9.97 Å². The third-order valence-electron chi connectivity index (χ3n) is 7.07. The van der Waals surface area contributed by atoms with Crippen LogP contribution >= 0.6 is 11.3 Å². The number of nitrogens with zero attached hydrogens (tertiary/aromatic N) is 4. The number of piperazine rings is 1. The number of amides is 1. The summed E-state index contributed by atoms with van der Waals surface area (Å²) in [5.74, 6) is 3.65. The second-order valence-electron chi connectivity index (χ2n) is 9.65. The molecule has 1 saturated heterocycles. The number of hydrogen-bond donors (Lipinski definition) is 0. The molecule has 1 aromatic carbocycles. The number of benzene rings is 1. The number of thiophene rings is 1. The molecule has 1 fully saturated rings. The minimum atomic E-state index is 0.0399. The van der Waals surface area contributed by atoms with Gasteiger partial charge >= 0.3 is 0 Å². The predicted octanol–water partition coefficient (Wildman–Crippen LogP) is 4.77. The number of ether oxygens (including phenoxy) is 2. The Kier molecular flexibility index (Phi) is 5.56. The van der Waals surface area contributed by atoms with Crippen molar-refractivity contribution in [1.29, 1.82) is 0 Å². The maximum atomic E-state index is 13.2. The van der Waals surface area contributed by atoms with Gasteiger partial charge in [0, 0.05) is 42.5 Å². The number of carbonyl (C=O) groups excluding carboxylic acids is 1. The average molecular weight is 479 g/mol. The number of rotatable bonds is 3. The highest BCUT2D eigenvalue weighted by atomic mass is 32.1. The van der Waals surface area contributed by atoms with E-state index in [4.69, 9.17) is 19.4 Å². The molecule has 34 heavy (non-hydrogen) atoms. The van der Waals surface area contributed by atoms with Gasteiger partial charge in [-0.1, -0.05) is 20.3 Å². The van der Waals surface area contributed by atoms with E-state index in [1.54, 1.807) is 6.07 Å². The lowest BCUT2D eigenvalue weighted by atomic mass is 10.1. The van der Waals surface area contributed by atoms with Crippen molar-refractivity contribution < 1.29 is 14.3 Å². The zero-order chi connectivity index (χ0) is 23.2. The maximum Gasteiger partial charge on any atom is 0.254 e. The van der Waals surface area contributed by atoms with Crippen LogP contribution in [0.1, 0.15) is 65.7 Å². The van der Waals surface area contributed by atoms with Gasteiger partial charge in [-0.15, -0.1) is 11.3 Å². The zero-order valence-electron chi connectivity index (χ0n) is 19.8. The van der Waals surface area contributed by atoms with Gasteiger partial charge in [0.1, 0.15) is 16.5 Å². The third-order valence-corrected chi connectivity index (χ3v) is 8.25. The highest BCUT2D eigenvalue weighted by Gasteiger charge is 2.28. The third kappa shape index (κ3) is 3.78. The van der Waals surface area contributed by atoms with E-state index >= 15 is 0 Å². The number of aromatic nitrogens is 2. The summed E-state index contributed by atoms with van der Waals surface area (Å²) < 4.78 is 10.8. The summed E-state index contributed by atoms with van der Waals surface area (Å²) in [5.41, 5.74) is 2.12. The van der Waals surface area contributed by atoms with E-state index in [1.165, 1.54) is 35.1 Å². The summed E-state index contributed by atoms with van der Waals surface area (Å²) in [6.45, 7) is 7.40. The Hall–Kier alpha value is -2.87. The van der Waals surface area contributed by atoms with Gasteiger partial charge < -0.3 is 19.3 Å². The quantitative estimate of drug-likeness (QED) is 0.505. The molecular weight excluding hydrogens is 448 g/mol. The van der Waals surface area contributed by atoms with Crippen LogP contribution in [0.3, 0.4) is 0 Å². The van der Waals surface area contributed by atoms with Gasteiger partial charge in [0.15, 0.2) is 11.5 Å². The molecule has 3 aromatic rings. The molecule has 1 aliphatic carbocycles. The summed E-state index contributed by atoms with van der Waals surface area (Å²) in [6, 6.07) is 5.44. The molecule has 7 nitrogen and oxygen atoms in total. The van der Waals surface area contributed by atoms with Crippen LogP contribution < -0.4 is 14.4 Å². The first-order chi connectivity index (χ1) is 16.6. The summed E-state index contributed by atoms with van der Waals surface area (Å²) in [7, 11) is 0. The smallest absolute Gasteiger partial charge is 0.254 e. The monoisotopic (exact) mass is 478 g/mol. The predicted molar refractivity (Wildman–Crippen MR) is 133 cm³/mol. The molecule has 4 heterocycles. The minimum Gasteiger partial charge on any atom is -0.454 e. The van der Waals surface area contributed by atoms with Gasteiger partial charge in [0.25, 0.3) is 5.91 Å². The van der Waals surface area contributed by atoms with Crippen molar-refractivity contribution in [2.24, 2.45) is 0 Å². The van der Waals surface area contributed by atoms with Gasteiger partial charge in [-0.2, -0.15) is 0 Å². The molecule has 0 atom stereocenters. The Balaban J connectivity index is 1.27. The molecule has 2 aromatic heterocycles. The largest absolute Gasteiger partial charge is 0.454 e. The van der Waals surface area contributed by atoms with Gasteiger partial charge in [0.05, 0.1) is 5.39 Å². The van der Waals surface area contributed by atoms with E-state index in [-0.39, 0.29) is 18.6 Å². The molecule has 0 unspecified atom stereocenters. The van der Waals surface area contributed by atoms with Crippen molar-refractivity contribution in [3.63, 3.8) is 0 Å². The SMILES string of the molecule is CC(C)c1nc(N2CCN(C(=O)c3ccc4c(c3)OCO4)CC2)c2c3c(sc2n1)CCCCC3. The lowest BCUT2D eigenvalue weighted by molar-refractivity contribution is 0.0746. The van der Waals surface area contributed by atoms with Crippen molar-refractivity contribution in [3.8, 4) is 11.5 Å². The van der Waals surface area contributed by atoms with Gasteiger partial charge in [-0.3, -0.25) is 4.79 Å². The molecular formula is C26H30N4O3S. The van der Waals surface area contributed by atoms with Gasteiger partial charge in [0.2, 0.25) is 6.79 Å². The lowest BCUT2D eigenvalue weighted by Crippen LogP contribution is -2.49. The van der Waals surface area contributed by atoms with E-state index in [0.29, 0.717) is 30.2 Å². The van der Waals surface area contributed by atoms with E-state index in [1.807, 2.05) is 28.4 Å². The lowest BCUT2D eigenvalue weighted by Gasteiger charge is -2.36. The van der Waals surface area contributed by atoms with Crippen LogP contribution in [-0.2, 0) is 12.8 Å². The first-order valence-electron chi connectivity index (χ1n) is 12.3. The number of fused-ring (bicyclic) bond motifs is 4. The van der Waals surface area contributed by atoms with Crippen molar-refractivity contribution >= 4 is 33.3 Å². The van der Waals surface area contributed by atoms with Crippen LogP contribution in [0.5, 0.6) is 11.5 Å². The number of carbonyl (C=O) groups is 1. The topological polar surface area (TPSA) is 67.8 Å². The Bertz CT molecular complexity index is 1250. The molecule has 0 bridgehead atoms. The van der Waals surface area contributed by atoms with Crippen LogP contribution in [0.2, 0.25) is 0 Å². The van der Waals surface area contributed by atoms with Crippen LogP contribution in [0.25, 0.3) is 10.2 Å². The first-order valence-corrected chi connectivity index (χ1v) is 13.2. The van der Waals surface area contributed by atoms with Gasteiger partial charge in [-0.05, 0) is 49.4 Å². The van der Waals surface area contributed by atoms with Crippen molar-refractivity contribution in [2.45, 2.75) is 51.9 Å². The highest BCUT2D eigenvalue weighted by molar-refractivity contribution is 7.19. The fourth-order valence-electron chi connectivity index (χ4n) is 5.15. The second kappa shape index (κ2) is 8.73. The number of aryl methyl sites for hydroxylation is 2. The second-order valence-corrected chi connectivity index (χ2v) is 10.7. The summed E-state index contributed by atoms with van der Waals surface area (Å²) in [4.78, 5) is 30.2. The van der Waals surface area contributed by atoms with E-state index in [0.717, 1.165) is 42.4 Å². The maximum absolute atomic E-state index is 13.2. The summed E-state index contributed by atoms with van der Waals surface area (Å²) in [5, 5.41) is 1.27. The number of hydrogen-bond acceptors (Lipinski definition) is 7. The van der Waals surface area contributed by atoms with Crippen LogP contribution in [-0.4, -0.2) is 53.7 Å².